The third kappa shape index (κ3) is 6.87. The lowest BCUT2D eigenvalue weighted by Gasteiger charge is -2.18. The quantitative estimate of drug-likeness (QED) is 0.154. The molecule has 11 nitrogen and oxygen atoms in total. The summed E-state index contributed by atoms with van der Waals surface area (Å²) in [5, 5.41) is 12.5. The number of carbonyl (C=O) groups excluding carboxylic acids is 1. The summed E-state index contributed by atoms with van der Waals surface area (Å²) in [6.07, 6.45) is 0. The predicted octanol–water partition coefficient (Wildman–Crippen LogP) is 4.04. The Kier molecular flexibility index (Phi) is 8.39. The molecule has 5 rings (SSSR count). The molecular formula is C27H28F2N10O. The van der Waals surface area contributed by atoms with E-state index in [1.807, 2.05) is 24.3 Å². The Morgan fingerprint density at radius 3 is 1.27 bits per heavy atom. The average Bonchev–Trinajstić information content (AvgIpc) is 3.35. The number of rotatable bonds is 12. The highest BCUT2D eigenvalue weighted by Crippen LogP contribution is 2.24. The second kappa shape index (κ2) is 12.7. The number of nitrogens with zero attached hydrogens (tertiary/aromatic N) is 6. The highest BCUT2D eigenvalue weighted by Gasteiger charge is 2.32. The number of pyridine rings is 4. The minimum absolute atomic E-state index is 0.216. The van der Waals surface area contributed by atoms with Gasteiger partial charge in [0.15, 0.2) is 0 Å². The summed E-state index contributed by atoms with van der Waals surface area (Å²) >= 11 is 0. The molecule has 1 saturated heterocycles. The van der Waals surface area contributed by atoms with Crippen LogP contribution in [0.4, 0.5) is 48.5 Å². The molecule has 0 bridgehead atoms. The maximum Gasteiger partial charge on any atom is 0.331 e. The first kappa shape index (κ1) is 26.5. The van der Waals surface area contributed by atoms with Crippen molar-refractivity contribution in [2.24, 2.45) is 0 Å². The first-order valence-electron chi connectivity index (χ1n) is 12.8. The standard InChI is InChI=1S/C27H28F2N10O/c28-19-5-1-7-21(34-19)30-13-15-32-23-9-3-11-25(36-23)38-17-18-39(27(38)40)26-12-4-10-24(37-26)33-16-14-31-22-8-2-6-20(29)35-22/h1-12H,13-18H2,(H,30,34)(H,31,35)(H,32,36)(H,33,37). The lowest BCUT2D eigenvalue weighted by molar-refractivity contribution is 0.255. The van der Waals surface area contributed by atoms with Crippen LogP contribution in [0.3, 0.4) is 0 Å². The van der Waals surface area contributed by atoms with Gasteiger partial charge in [-0.3, -0.25) is 9.80 Å². The van der Waals surface area contributed by atoms with Crippen molar-refractivity contribution >= 4 is 40.9 Å². The number of urea groups is 1. The number of nitrogens with one attached hydrogen (secondary N) is 4. The molecule has 0 unspecified atom stereocenters. The van der Waals surface area contributed by atoms with Gasteiger partial charge in [0, 0.05) is 39.3 Å². The van der Waals surface area contributed by atoms with E-state index in [1.165, 1.54) is 12.1 Å². The summed E-state index contributed by atoms with van der Waals surface area (Å²) in [5.41, 5.74) is 0. The van der Waals surface area contributed by atoms with Crippen molar-refractivity contribution in [1.82, 2.24) is 19.9 Å². The fourth-order valence-electron chi connectivity index (χ4n) is 4.08. The van der Waals surface area contributed by atoms with E-state index >= 15 is 0 Å². The van der Waals surface area contributed by atoms with Gasteiger partial charge >= 0.3 is 6.03 Å². The molecular weight excluding hydrogens is 518 g/mol. The molecule has 1 aliphatic rings. The summed E-state index contributed by atoms with van der Waals surface area (Å²) < 4.78 is 26.4. The van der Waals surface area contributed by atoms with Gasteiger partial charge in [-0.2, -0.15) is 8.78 Å². The van der Waals surface area contributed by atoms with Gasteiger partial charge in [0.25, 0.3) is 0 Å². The summed E-state index contributed by atoms with van der Waals surface area (Å²) in [7, 11) is 0. The summed E-state index contributed by atoms with van der Waals surface area (Å²) in [4.78, 5) is 33.2. The number of anilines is 6. The van der Waals surface area contributed by atoms with Crippen LogP contribution in [0, 0.1) is 11.9 Å². The van der Waals surface area contributed by atoms with E-state index in [2.05, 4.69) is 41.2 Å². The van der Waals surface area contributed by atoms with E-state index in [0.29, 0.717) is 74.2 Å². The highest BCUT2D eigenvalue weighted by molar-refractivity contribution is 6.05. The first-order chi connectivity index (χ1) is 19.5. The van der Waals surface area contributed by atoms with E-state index in [1.54, 1.807) is 46.2 Å². The number of halogens is 2. The molecule has 0 spiro atoms. The van der Waals surface area contributed by atoms with Crippen molar-refractivity contribution in [3.8, 4) is 0 Å². The van der Waals surface area contributed by atoms with E-state index < -0.39 is 11.9 Å². The van der Waals surface area contributed by atoms with Crippen LogP contribution in [0.1, 0.15) is 0 Å². The highest BCUT2D eigenvalue weighted by atomic mass is 19.1. The predicted molar refractivity (Wildman–Crippen MR) is 151 cm³/mol. The summed E-state index contributed by atoms with van der Waals surface area (Å²) in [5.74, 6) is 2.12. The molecule has 4 aromatic rings. The fraction of sp³-hybridized carbons (Fsp3) is 0.222. The van der Waals surface area contributed by atoms with E-state index in [-0.39, 0.29) is 6.03 Å². The molecule has 0 saturated carbocycles. The first-order valence-corrected chi connectivity index (χ1v) is 12.8. The molecule has 13 heteroatoms. The Bertz CT molecular complexity index is 1350. The van der Waals surface area contributed by atoms with Crippen LogP contribution in [0.5, 0.6) is 0 Å². The van der Waals surface area contributed by atoms with Crippen molar-refractivity contribution < 1.29 is 13.6 Å². The Balaban J connectivity index is 1.12. The minimum atomic E-state index is -0.539. The Hall–Kier alpha value is -5.07. The Morgan fingerprint density at radius 2 is 0.900 bits per heavy atom. The van der Waals surface area contributed by atoms with Crippen molar-refractivity contribution in [2.45, 2.75) is 0 Å². The van der Waals surface area contributed by atoms with E-state index in [9.17, 15) is 13.6 Å². The number of carbonyl (C=O) groups is 1. The molecule has 1 fully saturated rings. The summed E-state index contributed by atoms with van der Waals surface area (Å²) in [6.45, 7) is 2.98. The topological polar surface area (TPSA) is 123 Å². The Morgan fingerprint density at radius 1 is 0.550 bits per heavy atom. The third-order valence-corrected chi connectivity index (χ3v) is 5.94. The molecule has 0 radical (unpaired) electrons. The SMILES string of the molecule is O=C1N(c2cccc(NCCNc3cccc(F)n3)n2)CCN1c1cccc(NCCNc2cccc(F)n2)n1. The van der Waals surface area contributed by atoms with Gasteiger partial charge in [-0.05, 0) is 48.5 Å². The molecule has 40 heavy (non-hydrogen) atoms. The fourth-order valence-corrected chi connectivity index (χ4v) is 4.08. The number of aromatic nitrogens is 4. The normalized spacial score (nSPS) is 12.9. The van der Waals surface area contributed by atoms with Gasteiger partial charge in [-0.15, -0.1) is 0 Å². The van der Waals surface area contributed by atoms with Gasteiger partial charge in [0.2, 0.25) is 11.9 Å². The van der Waals surface area contributed by atoms with Crippen LogP contribution in [-0.4, -0.2) is 65.2 Å². The van der Waals surface area contributed by atoms with Gasteiger partial charge in [-0.1, -0.05) is 24.3 Å². The van der Waals surface area contributed by atoms with Gasteiger partial charge in [-0.25, -0.2) is 24.7 Å². The molecule has 4 aromatic heterocycles. The van der Waals surface area contributed by atoms with E-state index in [4.69, 9.17) is 0 Å². The molecule has 5 heterocycles. The average molecular weight is 547 g/mol. The molecule has 206 valence electrons. The van der Waals surface area contributed by atoms with Crippen LogP contribution in [-0.2, 0) is 0 Å². The zero-order valence-corrected chi connectivity index (χ0v) is 21.5. The lowest BCUT2D eigenvalue weighted by atomic mass is 10.4. The summed E-state index contributed by atoms with van der Waals surface area (Å²) in [6, 6.07) is 19.8. The maximum atomic E-state index is 13.3. The molecule has 4 N–H and O–H groups in total. The maximum absolute atomic E-state index is 13.3. The zero-order valence-electron chi connectivity index (χ0n) is 21.5. The molecule has 1 aliphatic heterocycles. The number of amides is 2. The van der Waals surface area contributed by atoms with E-state index in [0.717, 1.165) is 0 Å². The monoisotopic (exact) mass is 546 g/mol. The van der Waals surface area contributed by atoms with Gasteiger partial charge in [0.05, 0.1) is 0 Å². The molecule has 0 atom stereocenters. The van der Waals surface area contributed by atoms with Crippen molar-refractivity contribution in [2.75, 3.05) is 70.3 Å². The molecule has 0 aliphatic carbocycles. The second-order valence-electron chi connectivity index (χ2n) is 8.75. The smallest absolute Gasteiger partial charge is 0.331 e. The van der Waals surface area contributed by atoms with Crippen molar-refractivity contribution in [1.29, 1.82) is 0 Å². The van der Waals surface area contributed by atoms with Crippen LogP contribution in [0.2, 0.25) is 0 Å². The number of hydrogen-bond donors (Lipinski definition) is 4. The van der Waals surface area contributed by atoms with Crippen LogP contribution in [0.15, 0.2) is 72.8 Å². The van der Waals surface area contributed by atoms with Gasteiger partial charge in [0.1, 0.15) is 34.9 Å². The van der Waals surface area contributed by atoms with Gasteiger partial charge < -0.3 is 21.3 Å². The Labute approximate surface area is 229 Å². The zero-order chi connectivity index (χ0) is 27.7. The van der Waals surface area contributed by atoms with Crippen molar-refractivity contribution in [3.63, 3.8) is 0 Å². The van der Waals surface area contributed by atoms with Crippen LogP contribution >= 0.6 is 0 Å². The second-order valence-corrected chi connectivity index (χ2v) is 8.75. The van der Waals surface area contributed by atoms with Crippen molar-refractivity contribution in [3.05, 3.63) is 84.7 Å². The van der Waals surface area contributed by atoms with Crippen LogP contribution < -0.4 is 31.1 Å². The largest absolute Gasteiger partial charge is 0.368 e. The van der Waals surface area contributed by atoms with Crippen LogP contribution in [0.25, 0.3) is 0 Å². The number of hydrogen-bond acceptors (Lipinski definition) is 9. The lowest BCUT2D eigenvalue weighted by Crippen LogP contribution is -2.32. The minimum Gasteiger partial charge on any atom is -0.368 e. The molecule has 2 amide bonds. The third-order valence-electron chi connectivity index (χ3n) is 5.94. The molecule has 0 aromatic carbocycles.